The van der Waals surface area contributed by atoms with Crippen molar-refractivity contribution < 1.29 is 4.79 Å². The van der Waals surface area contributed by atoms with Gasteiger partial charge in [0.1, 0.15) is 6.33 Å². The molecule has 1 aromatic carbocycles. The zero-order valence-electron chi connectivity index (χ0n) is 11.2. The van der Waals surface area contributed by atoms with Gasteiger partial charge in [0.25, 0.3) is 0 Å². The normalized spacial score (nSPS) is 11.9. The molecule has 1 atom stereocenters. The summed E-state index contributed by atoms with van der Waals surface area (Å²) in [5, 5.41) is 2.94. The van der Waals surface area contributed by atoms with Crippen molar-refractivity contribution in [1.29, 1.82) is 0 Å². The zero-order valence-corrected chi connectivity index (χ0v) is 12.0. The summed E-state index contributed by atoms with van der Waals surface area (Å²) in [6.07, 6.45) is 1.33. The van der Waals surface area contributed by atoms with Gasteiger partial charge < -0.3 is 11.1 Å². The molecular formula is C13H15N5OS. The van der Waals surface area contributed by atoms with E-state index in [9.17, 15) is 4.79 Å². The predicted octanol–water partition coefficient (Wildman–Crippen LogP) is 1.88. The maximum absolute atomic E-state index is 12.1. The summed E-state index contributed by atoms with van der Waals surface area (Å²) in [7, 11) is 0. The van der Waals surface area contributed by atoms with Crippen LogP contribution in [0.1, 0.15) is 12.5 Å². The molecule has 6 nitrogen and oxygen atoms in total. The van der Waals surface area contributed by atoms with Gasteiger partial charge in [0.2, 0.25) is 11.9 Å². The standard InChI is InChI=1S/C13H15N5OS/c1-8-3-5-10(6-4-8)17-11(19)9(2)20-13-16-7-15-12(14)18-13/h3-7,9H,1-2H3,(H,17,19)(H2,14,15,16,18). The highest BCUT2D eigenvalue weighted by Gasteiger charge is 2.16. The minimum atomic E-state index is -0.335. The monoisotopic (exact) mass is 289 g/mol. The van der Waals surface area contributed by atoms with Crippen molar-refractivity contribution in [3.05, 3.63) is 36.2 Å². The van der Waals surface area contributed by atoms with Gasteiger partial charge in [-0.3, -0.25) is 4.79 Å². The molecule has 2 rings (SSSR count). The molecule has 104 valence electrons. The molecule has 0 aliphatic carbocycles. The first-order valence-corrected chi connectivity index (χ1v) is 6.91. The van der Waals surface area contributed by atoms with Crippen molar-refractivity contribution in [2.45, 2.75) is 24.3 Å². The molecule has 1 heterocycles. The van der Waals surface area contributed by atoms with E-state index in [-0.39, 0.29) is 17.1 Å². The fourth-order valence-corrected chi connectivity index (χ4v) is 2.18. The highest BCUT2D eigenvalue weighted by atomic mass is 32.2. The molecule has 3 N–H and O–H groups in total. The van der Waals surface area contributed by atoms with E-state index in [1.807, 2.05) is 31.2 Å². The van der Waals surface area contributed by atoms with Crippen molar-refractivity contribution in [2.75, 3.05) is 11.1 Å². The second-order valence-electron chi connectivity index (χ2n) is 4.24. The summed E-state index contributed by atoms with van der Waals surface area (Å²) in [6.45, 7) is 3.78. The average molecular weight is 289 g/mol. The number of benzene rings is 1. The SMILES string of the molecule is Cc1ccc(NC(=O)C(C)Sc2ncnc(N)n2)cc1. The second kappa shape index (κ2) is 6.33. The van der Waals surface area contributed by atoms with Crippen LogP contribution in [0, 0.1) is 6.92 Å². The van der Waals surface area contributed by atoms with E-state index >= 15 is 0 Å². The molecule has 20 heavy (non-hydrogen) atoms. The first-order valence-electron chi connectivity index (χ1n) is 6.03. The number of hydrogen-bond acceptors (Lipinski definition) is 6. The van der Waals surface area contributed by atoms with Gasteiger partial charge in [0.15, 0.2) is 5.16 Å². The Balaban J connectivity index is 1.96. The number of nitrogens with zero attached hydrogens (tertiary/aromatic N) is 3. The lowest BCUT2D eigenvalue weighted by Gasteiger charge is -2.11. The molecular weight excluding hydrogens is 274 g/mol. The smallest absolute Gasteiger partial charge is 0.237 e. The van der Waals surface area contributed by atoms with Crippen LogP contribution >= 0.6 is 11.8 Å². The van der Waals surface area contributed by atoms with Gasteiger partial charge in [-0.05, 0) is 26.0 Å². The fourth-order valence-electron chi connectivity index (χ4n) is 1.44. The van der Waals surface area contributed by atoms with Crippen LogP contribution in [0.5, 0.6) is 0 Å². The molecule has 7 heteroatoms. The molecule has 0 saturated carbocycles. The first kappa shape index (κ1) is 14.3. The van der Waals surface area contributed by atoms with Crippen LogP contribution in [0.15, 0.2) is 35.7 Å². The number of carbonyl (C=O) groups is 1. The topological polar surface area (TPSA) is 93.8 Å². The third-order valence-corrected chi connectivity index (χ3v) is 3.51. The van der Waals surface area contributed by atoms with Crippen LogP contribution in [-0.2, 0) is 4.79 Å². The Labute approximate surface area is 121 Å². The third kappa shape index (κ3) is 3.92. The van der Waals surface area contributed by atoms with Gasteiger partial charge in [-0.2, -0.15) is 4.98 Å². The quantitative estimate of drug-likeness (QED) is 0.835. The number of nitrogen functional groups attached to an aromatic ring is 1. The second-order valence-corrected chi connectivity index (χ2v) is 5.55. The van der Waals surface area contributed by atoms with E-state index in [0.717, 1.165) is 11.3 Å². The number of thioether (sulfide) groups is 1. The zero-order chi connectivity index (χ0) is 14.5. The van der Waals surface area contributed by atoms with Crippen molar-refractivity contribution in [3.63, 3.8) is 0 Å². The molecule has 0 fully saturated rings. The molecule has 2 aromatic rings. The lowest BCUT2D eigenvalue weighted by Crippen LogP contribution is -2.22. The summed E-state index contributed by atoms with van der Waals surface area (Å²) >= 11 is 1.23. The summed E-state index contributed by atoms with van der Waals surface area (Å²) in [6, 6.07) is 7.62. The van der Waals surface area contributed by atoms with E-state index in [1.54, 1.807) is 6.92 Å². The van der Waals surface area contributed by atoms with E-state index in [4.69, 9.17) is 5.73 Å². The molecule has 1 amide bonds. The lowest BCUT2D eigenvalue weighted by molar-refractivity contribution is -0.115. The maximum Gasteiger partial charge on any atom is 0.237 e. The highest BCUT2D eigenvalue weighted by molar-refractivity contribution is 8.00. The van der Waals surface area contributed by atoms with E-state index in [1.165, 1.54) is 18.1 Å². The molecule has 0 aliphatic heterocycles. The molecule has 0 spiro atoms. The van der Waals surface area contributed by atoms with Crippen LogP contribution in [0.4, 0.5) is 11.6 Å². The summed E-state index contributed by atoms with van der Waals surface area (Å²) in [5.41, 5.74) is 7.38. The minimum absolute atomic E-state index is 0.113. The predicted molar refractivity (Wildman–Crippen MR) is 79.4 cm³/mol. The molecule has 0 aliphatic rings. The van der Waals surface area contributed by atoms with Crippen LogP contribution < -0.4 is 11.1 Å². The van der Waals surface area contributed by atoms with Gasteiger partial charge in [-0.1, -0.05) is 29.5 Å². The Morgan fingerprint density at radius 1 is 1.30 bits per heavy atom. The van der Waals surface area contributed by atoms with Crippen molar-refractivity contribution >= 4 is 29.3 Å². The van der Waals surface area contributed by atoms with E-state index in [0.29, 0.717) is 5.16 Å². The summed E-state index contributed by atoms with van der Waals surface area (Å²) in [4.78, 5) is 23.7. The largest absolute Gasteiger partial charge is 0.368 e. The third-order valence-electron chi connectivity index (χ3n) is 2.54. The molecule has 0 saturated heterocycles. The van der Waals surface area contributed by atoms with Crippen LogP contribution in [0.2, 0.25) is 0 Å². The molecule has 1 aromatic heterocycles. The van der Waals surface area contributed by atoms with Crippen LogP contribution in [-0.4, -0.2) is 26.1 Å². The Bertz CT molecular complexity index is 602. The van der Waals surface area contributed by atoms with Crippen molar-refractivity contribution in [2.24, 2.45) is 0 Å². The van der Waals surface area contributed by atoms with Crippen LogP contribution in [0.25, 0.3) is 0 Å². The number of carbonyl (C=O) groups excluding carboxylic acids is 1. The van der Waals surface area contributed by atoms with Gasteiger partial charge in [-0.15, -0.1) is 0 Å². The van der Waals surface area contributed by atoms with E-state index < -0.39 is 0 Å². The Morgan fingerprint density at radius 2 is 2.00 bits per heavy atom. The number of nitrogens with one attached hydrogen (secondary N) is 1. The maximum atomic E-state index is 12.1. The van der Waals surface area contributed by atoms with Crippen LogP contribution in [0.3, 0.4) is 0 Å². The van der Waals surface area contributed by atoms with E-state index in [2.05, 4.69) is 20.3 Å². The average Bonchev–Trinajstić information content (AvgIpc) is 2.41. The highest BCUT2D eigenvalue weighted by Crippen LogP contribution is 2.20. The van der Waals surface area contributed by atoms with Crippen molar-refractivity contribution in [1.82, 2.24) is 15.0 Å². The lowest BCUT2D eigenvalue weighted by atomic mass is 10.2. The van der Waals surface area contributed by atoms with Gasteiger partial charge >= 0.3 is 0 Å². The Kier molecular flexibility index (Phi) is 4.52. The number of hydrogen-bond donors (Lipinski definition) is 2. The fraction of sp³-hybridized carbons (Fsp3) is 0.231. The van der Waals surface area contributed by atoms with Gasteiger partial charge in [0, 0.05) is 5.69 Å². The minimum Gasteiger partial charge on any atom is -0.368 e. The first-order chi connectivity index (χ1) is 9.54. The number of nitrogens with two attached hydrogens (primary N) is 1. The van der Waals surface area contributed by atoms with Gasteiger partial charge in [0.05, 0.1) is 5.25 Å². The molecule has 1 unspecified atom stereocenters. The molecule has 0 radical (unpaired) electrons. The van der Waals surface area contributed by atoms with Crippen molar-refractivity contribution in [3.8, 4) is 0 Å². The number of anilines is 2. The number of rotatable bonds is 4. The number of amides is 1. The number of aromatic nitrogens is 3. The summed E-state index contributed by atoms with van der Waals surface area (Å²) in [5.74, 6) is 0.0338. The Hall–Kier alpha value is -2.15. The Morgan fingerprint density at radius 3 is 2.65 bits per heavy atom. The number of aryl methyl sites for hydroxylation is 1. The molecule has 0 bridgehead atoms. The van der Waals surface area contributed by atoms with Gasteiger partial charge in [-0.25, -0.2) is 9.97 Å². The summed E-state index contributed by atoms with van der Waals surface area (Å²) < 4.78 is 0.